The number of ether oxygens (including phenoxy) is 1. The third kappa shape index (κ3) is 3.52. The molecule has 1 N–H and O–H groups in total. The molecule has 0 aliphatic carbocycles. The minimum absolute atomic E-state index is 0.533. The first-order valence-corrected chi connectivity index (χ1v) is 7.72. The molecule has 0 spiro atoms. The first-order chi connectivity index (χ1) is 10.4. The first kappa shape index (κ1) is 14.3. The minimum Gasteiger partial charge on any atom is -0.380 e. The summed E-state index contributed by atoms with van der Waals surface area (Å²) in [4.78, 5) is 0. The van der Waals surface area contributed by atoms with Crippen molar-refractivity contribution < 1.29 is 4.74 Å². The molecule has 1 heterocycles. The van der Waals surface area contributed by atoms with Crippen molar-refractivity contribution in [2.45, 2.75) is 31.4 Å². The zero-order valence-corrected chi connectivity index (χ0v) is 12.6. The van der Waals surface area contributed by atoms with Crippen LogP contribution in [0.1, 0.15) is 29.0 Å². The molecule has 0 amide bonds. The predicted octanol–water partition coefficient (Wildman–Crippen LogP) is 3.52. The highest BCUT2D eigenvalue weighted by Crippen LogP contribution is 2.30. The summed E-state index contributed by atoms with van der Waals surface area (Å²) in [5.41, 5.74) is 4.12. The lowest BCUT2D eigenvalue weighted by Crippen LogP contribution is -2.28. The van der Waals surface area contributed by atoms with E-state index in [1.807, 2.05) is 0 Å². The zero-order valence-electron chi connectivity index (χ0n) is 12.6. The van der Waals surface area contributed by atoms with Gasteiger partial charge in [0.05, 0.1) is 6.61 Å². The monoisotopic (exact) mass is 281 g/mol. The van der Waals surface area contributed by atoms with E-state index in [9.17, 15) is 0 Å². The van der Waals surface area contributed by atoms with Crippen molar-refractivity contribution in [3.8, 4) is 0 Å². The van der Waals surface area contributed by atoms with Gasteiger partial charge in [0, 0.05) is 19.1 Å². The fraction of sp³-hybridized carbons (Fsp3) is 0.368. The van der Waals surface area contributed by atoms with Crippen LogP contribution in [0.4, 0.5) is 0 Å². The Hall–Kier alpha value is -1.64. The highest BCUT2D eigenvalue weighted by Gasteiger charge is 2.28. The summed E-state index contributed by atoms with van der Waals surface area (Å²) < 4.78 is 5.25. The summed E-state index contributed by atoms with van der Waals surface area (Å²) in [6.45, 7) is 1.80. The van der Waals surface area contributed by atoms with Crippen molar-refractivity contribution in [1.29, 1.82) is 0 Å². The van der Waals surface area contributed by atoms with Crippen LogP contribution >= 0.6 is 0 Å². The summed E-state index contributed by atoms with van der Waals surface area (Å²) >= 11 is 0. The second kappa shape index (κ2) is 6.88. The van der Waals surface area contributed by atoms with Gasteiger partial charge >= 0.3 is 0 Å². The number of hydrogen-bond donors (Lipinski definition) is 1. The van der Waals surface area contributed by atoms with Crippen molar-refractivity contribution in [1.82, 2.24) is 5.32 Å². The standard InChI is InChI=1S/C19H23NO/c1-21-14-16-8-5-9-17(12-16)18-10-11-20-19(18)13-15-6-3-2-4-7-15/h2-9,12,18-20H,10-11,13-14H2,1H3. The van der Waals surface area contributed by atoms with E-state index in [2.05, 4.69) is 59.9 Å². The van der Waals surface area contributed by atoms with Crippen molar-refractivity contribution in [3.63, 3.8) is 0 Å². The second-order valence-corrected chi connectivity index (χ2v) is 5.82. The van der Waals surface area contributed by atoms with E-state index in [4.69, 9.17) is 4.74 Å². The van der Waals surface area contributed by atoms with Gasteiger partial charge in [0.25, 0.3) is 0 Å². The van der Waals surface area contributed by atoms with Gasteiger partial charge in [-0.15, -0.1) is 0 Å². The molecule has 1 aliphatic heterocycles. The third-order valence-electron chi connectivity index (χ3n) is 4.34. The normalized spacial score (nSPS) is 21.6. The first-order valence-electron chi connectivity index (χ1n) is 7.72. The molecule has 3 rings (SSSR count). The van der Waals surface area contributed by atoms with Crippen LogP contribution in [-0.2, 0) is 17.8 Å². The summed E-state index contributed by atoms with van der Waals surface area (Å²) in [5, 5.41) is 3.67. The summed E-state index contributed by atoms with van der Waals surface area (Å²) in [6.07, 6.45) is 2.31. The molecule has 1 fully saturated rings. The smallest absolute Gasteiger partial charge is 0.0713 e. The van der Waals surface area contributed by atoms with Gasteiger partial charge in [0.15, 0.2) is 0 Å². The Bertz CT molecular complexity index is 567. The SMILES string of the molecule is COCc1cccc(C2CCNC2Cc2ccccc2)c1. The van der Waals surface area contributed by atoms with Crippen LogP contribution in [0.5, 0.6) is 0 Å². The van der Waals surface area contributed by atoms with Gasteiger partial charge in [-0.1, -0.05) is 54.6 Å². The fourth-order valence-corrected chi connectivity index (χ4v) is 3.33. The van der Waals surface area contributed by atoms with Gasteiger partial charge in [-0.3, -0.25) is 0 Å². The lowest BCUT2D eigenvalue weighted by Gasteiger charge is -2.21. The van der Waals surface area contributed by atoms with E-state index < -0.39 is 0 Å². The molecule has 0 saturated carbocycles. The van der Waals surface area contributed by atoms with Gasteiger partial charge in [-0.05, 0) is 36.1 Å². The molecule has 0 aromatic heterocycles. The molecule has 0 radical (unpaired) electrons. The van der Waals surface area contributed by atoms with E-state index in [1.54, 1.807) is 7.11 Å². The Morgan fingerprint density at radius 3 is 2.67 bits per heavy atom. The zero-order chi connectivity index (χ0) is 14.5. The van der Waals surface area contributed by atoms with Crippen LogP contribution in [0.2, 0.25) is 0 Å². The maximum absolute atomic E-state index is 5.25. The largest absolute Gasteiger partial charge is 0.380 e. The molecule has 110 valence electrons. The summed E-state index contributed by atoms with van der Waals surface area (Å²) in [6, 6.07) is 20.2. The maximum Gasteiger partial charge on any atom is 0.0713 e. The Labute approximate surface area is 127 Å². The highest BCUT2D eigenvalue weighted by molar-refractivity contribution is 5.29. The number of nitrogens with one attached hydrogen (secondary N) is 1. The Morgan fingerprint density at radius 1 is 1.05 bits per heavy atom. The molecular weight excluding hydrogens is 258 g/mol. The topological polar surface area (TPSA) is 21.3 Å². The van der Waals surface area contributed by atoms with Crippen LogP contribution in [0.15, 0.2) is 54.6 Å². The van der Waals surface area contributed by atoms with Crippen molar-refractivity contribution in [2.24, 2.45) is 0 Å². The van der Waals surface area contributed by atoms with Gasteiger partial charge in [0.1, 0.15) is 0 Å². The average Bonchev–Trinajstić information content (AvgIpc) is 2.97. The quantitative estimate of drug-likeness (QED) is 0.905. The highest BCUT2D eigenvalue weighted by atomic mass is 16.5. The Balaban J connectivity index is 1.76. The summed E-state index contributed by atoms with van der Waals surface area (Å²) in [7, 11) is 1.75. The van der Waals surface area contributed by atoms with Gasteiger partial charge in [0.2, 0.25) is 0 Å². The average molecular weight is 281 g/mol. The predicted molar refractivity (Wildman–Crippen MR) is 86.4 cm³/mol. The molecule has 2 atom stereocenters. The fourth-order valence-electron chi connectivity index (χ4n) is 3.33. The summed E-state index contributed by atoms with van der Waals surface area (Å²) in [5.74, 6) is 0.599. The number of hydrogen-bond acceptors (Lipinski definition) is 2. The van der Waals surface area contributed by atoms with Gasteiger partial charge in [-0.25, -0.2) is 0 Å². The third-order valence-corrected chi connectivity index (χ3v) is 4.34. The van der Waals surface area contributed by atoms with Gasteiger partial charge in [-0.2, -0.15) is 0 Å². The molecule has 21 heavy (non-hydrogen) atoms. The Kier molecular flexibility index (Phi) is 4.69. The van der Waals surface area contributed by atoms with Crippen LogP contribution < -0.4 is 5.32 Å². The molecule has 1 saturated heterocycles. The molecule has 1 aliphatic rings. The molecule has 0 bridgehead atoms. The van der Waals surface area contributed by atoms with Crippen LogP contribution in [0.25, 0.3) is 0 Å². The van der Waals surface area contributed by atoms with E-state index in [0.29, 0.717) is 18.6 Å². The lowest BCUT2D eigenvalue weighted by molar-refractivity contribution is 0.185. The molecule has 2 heteroatoms. The Morgan fingerprint density at radius 2 is 1.86 bits per heavy atom. The van der Waals surface area contributed by atoms with E-state index >= 15 is 0 Å². The second-order valence-electron chi connectivity index (χ2n) is 5.82. The number of rotatable bonds is 5. The molecular formula is C19H23NO. The van der Waals surface area contributed by atoms with Crippen LogP contribution in [-0.4, -0.2) is 19.7 Å². The molecule has 2 aromatic carbocycles. The lowest BCUT2D eigenvalue weighted by atomic mass is 9.88. The van der Waals surface area contributed by atoms with E-state index in [1.165, 1.54) is 23.1 Å². The number of benzene rings is 2. The van der Waals surface area contributed by atoms with Crippen LogP contribution in [0, 0.1) is 0 Å². The van der Waals surface area contributed by atoms with Crippen molar-refractivity contribution in [3.05, 3.63) is 71.3 Å². The minimum atomic E-state index is 0.533. The van der Waals surface area contributed by atoms with E-state index in [0.717, 1.165) is 13.0 Å². The van der Waals surface area contributed by atoms with Crippen LogP contribution in [0.3, 0.4) is 0 Å². The van der Waals surface area contributed by atoms with Crippen molar-refractivity contribution in [2.75, 3.05) is 13.7 Å². The molecule has 2 nitrogen and oxygen atoms in total. The number of methoxy groups -OCH3 is 1. The van der Waals surface area contributed by atoms with Crippen molar-refractivity contribution >= 4 is 0 Å². The maximum atomic E-state index is 5.25. The van der Waals surface area contributed by atoms with Gasteiger partial charge < -0.3 is 10.1 Å². The molecule has 2 aromatic rings. The van der Waals surface area contributed by atoms with E-state index in [-0.39, 0.29) is 0 Å². The molecule has 2 unspecified atom stereocenters.